The van der Waals surface area contributed by atoms with Crippen molar-refractivity contribution < 1.29 is 9.53 Å². The van der Waals surface area contributed by atoms with E-state index in [9.17, 15) is 4.79 Å². The molecule has 1 amide bonds. The number of rotatable bonds is 4. The van der Waals surface area contributed by atoms with Crippen LogP contribution in [0.4, 0.5) is 0 Å². The van der Waals surface area contributed by atoms with Crippen molar-refractivity contribution in [1.82, 2.24) is 4.90 Å². The lowest BCUT2D eigenvalue weighted by Crippen LogP contribution is -2.43. The molecule has 2 aromatic rings. The van der Waals surface area contributed by atoms with Gasteiger partial charge in [0.2, 0.25) is 0 Å². The van der Waals surface area contributed by atoms with Crippen LogP contribution in [-0.4, -0.2) is 30.0 Å². The van der Waals surface area contributed by atoms with E-state index in [1.54, 1.807) is 24.3 Å². The van der Waals surface area contributed by atoms with Gasteiger partial charge in [0.25, 0.3) is 5.91 Å². The largest absolute Gasteiger partial charge is 0.372 e. The summed E-state index contributed by atoms with van der Waals surface area (Å²) in [6, 6.07) is 15.2. The maximum Gasteiger partial charge on any atom is 0.253 e. The van der Waals surface area contributed by atoms with Crippen LogP contribution in [-0.2, 0) is 11.3 Å². The minimum Gasteiger partial charge on any atom is -0.372 e. The van der Waals surface area contributed by atoms with Crippen LogP contribution < -0.4 is 0 Å². The first kappa shape index (κ1) is 17.5. The minimum absolute atomic E-state index is 0.0450. The van der Waals surface area contributed by atoms with Crippen LogP contribution in [0.3, 0.4) is 0 Å². The van der Waals surface area contributed by atoms with Gasteiger partial charge in [0.1, 0.15) is 0 Å². The van der Waals surface area contributed by atoms with Crippen molar-refractivity contribution in [3.63, 3.8) is 0 Å². The second-order valence-corrected chi connectivity index (χ2v) is 7.31. The molecular weight excluding hydrogens is 390 g/mol. The lowest BCUT2D eigenvalue weighted by atomic mass is 10.1. The number of carbonyl (C=O) groups is 1. The zero-order valence-corrected chi connectivity index (χ0v) is 15.6. The predicted octanol–water partition coefficient (Wildman–Crippen LogP) is 4.92. The van der Waals surface area contributed by atoms with Gasteiger partial charge in [-0.05, 0) is 54.8 Å². The van der Waals surface area contributed by atoms with Crippen molar-refractivity contribution in [2.24, 2.45) is 0 Å². The van der Waals surface area contributed by atoms with Gasteiger partial charge in [-0.25, -0.2) is 0 Å². The highest BCUT2D eigenvalue weighted by molar-refractivity contribution is 9.10. The molecule has 1 fully saturated rings. The molecule has 1 heterocycles. The number of ether oxygens (including phenoxy) is 1. The molecule has 1 saturated heterocycles. The van der Waals surface area contributed by atoms with E-state index in [0.29, 0.717) is 23.7 Å². The van der Waals surface area contributed by atoms with E-state index in [-0.39, 0.29) is 12.0 Å². The fraction of sp³-hybridized carbons (Fsp3) is 0.316. The van der Waals surface area contributed by atoms with Crippen molar-refractivity contribution in [3.05, 3.63) is 69.2 Å². The molecule has 0 unspecified atom stereocenters. The van der Waals surface area contributed by atoms with Gasteiger partial charge >= 0.3 is 0 Å². The third kappa shape index (κ3) is 4.59. The summed E-state index contributed by atoms with van der Waals surface area (Å²) in [6.45, 7) is 1.98. The number of halogens is 2. The normalized spacial score (nSPS) is 17.8. The number of likely N-dealkylation sites (tertiary alicyclic amines) is 1. The van der Waals surface area contributed by atoms with Crippen LogP contribution in [0.15, 0.2) is 53.0 Å². The Morgan fingerprint density at radius 3 is 2.58 bits per heavy atom. The lowest BCUT2D eigenvalue weighted by molar-refractivity contribution is -0.00673. The summed E-state index contributed by atoms with van der Waals surface area (Å²) >= 11 is 9.32. The van der Waals surface area contributed by atoms with Gasteiger partial charge in [-0.15, -0.1) is 0 Å². The molecule has 3 rings (SSSR count). The minimum atomic E-state index is 0.0450. The van der Waals surface area contributed by atoms with Crippen molar-refractivity contribution in [1.29, 1.82) is 0 Å². The topological polar surface area (TPSA) is 29.5 Å². The number of nitrogens with zero attached hydrogens (tertiary/aromatic N) is 1. The number of piperidine rings is 1. The van der Waals surface area contributed by atoms with Crippen LogP contribution in [0.1, 0.15) is 28.8 Å². The Bertz CT molecular complexity index is 688. The van der Waals surface area contributed by atoms with Crippen LogP contribution in [0.25, 0.3) is 0 Å². The van der Waals surface area contributed by atoms with E-state index in [2.05, 4.69) is 15.9 Å². The van der Waals surface area contributed by atoms with E-state index in [1.807, 2.05) is 29.2 Å². The number of hydrogen-bond acceptors (Lipinski definition) is 2. The van der Waals surface area contributed by atoms with Crippen LogP contribution >= 0.6 is 27.5 Å². The van der Waals surface area contributed by atoms with Crippen LogP contribution in [0.5, 0.6) is 0 Å². The highest BCUT2D eigenvalue weighted by Gasteiger charge is 2.25. The zero-order valence-electron chi connectivity index (χ0n) is 13.3. The molecule has 1 aliphatic heterocycles. The summed E-state index contributed by atoms with van der Waals surface area (Å²) in [5, 5.41) is 0.640. The molecule has 0 N–H and O–H groups in total. The molecule has 0 radical (unpaired) electrons. The maximum absolute atomic E-state index is 12.6. The van der Waals surface area contributed by atoms with E-state index in [1.165, 1.54) is 0 Å². The number of hydrogen-bond donors (Lipinski definition) is 0. The van der Waals surface area contributed by atoms with Crippen molar-refractivity contribution >= 4 is 33.4 Å². The Hall–Kier alpha value is -1.36. The van der Waals surface area contributed by atoms with Gasteiger partial charge in [-0.3, -0.25) is 4.79 Å². The Morgan fingerprint density at radius 2 is 1.88 bits per heavy atom. The highest BCUT2D eigenvalue weighted by Crippen LogP contribution is 2.19. The molecular formula is C19H19BrClNO2. The molecule has 126 valence electrons. The third-order valence-electron chi connectivity index (χ3n) is 4.16. The molecule has 24 heavy (non-hydrogen) atoms. The monoisotopic (exact) mass is 407 g/mol. The Labute approximate surface area is 155 Å². The first-order chi connectivity index (χ1) is 11.6. The molecule has 3 nitrogen and oxygen atoms in total. The predicted molar refractivity (Wildman–Crippen MR) is 99.3 cm³/mol. The summed E-state index contributed by atoms with van der Waals surface area (Å²) in [5.41, 5.74) is 1.81. The molecule has 0 saturated carbocycles. The van der Waals surface area contributed by atoms with Gasteiger partial charge in [0.05, 0.1) is 12.7 Å². The fourth-order valence-corrected chi connectivity index (χ4v) is 3.22. The van der Waals surface area contributed by atoms with Gasteiger partial charge in [-0.2, -0.15) is 0 Å². The summed E-state index contributed by atoms with van der Waals surface area (Å²) in [7, 11) is 0. The molecule has 1 aliphatic rings. The summed E-state index contributed by atoms with van der Waals surface area (Å²) in [6.07, 6.45) is 2.03. The van der Waals surface area contributed by atoms with E-state index in [0.717, 1.165) is 29.4 Å². The fourth-order valence-electron chi connectivity index (χ4n) is 2.83. The van der Waals surface area contributed by atoms with Gasteiger partial charge in [-0.1, -0.05) is 39.7 Å². The molecule has 0 aromatic heterocycles. The van der Waals surface area contributed by atoms with E-state index < -0.39 is 0 Å². The average Bonchev–Trinajstić information content (AvgIpc) is 2.61. The molecule has 0 aliphatic carbocycles. The van der Waals surface area contributed by atoms with Crippen molar-refractivity contribution in [2.75, 3.05) is 13.1 Å². The highest BCUT2D eigenvalue weighted by atomic mass is 79.9. The summed E-state index contributed by atoms with van der Waals surface area (Å²) < 4.78 is 7.07. The van der Waals surface area contributed by atoms with Crippen LogP contribution in [0, 0.1) is 0 Å². The second kappa shape index (κ2) is 8.15. The molecule has 0 spiro atoms. The summed E-state index contributed by atoms with van der Waals surface area (Å²) in [4.78, 5) is 14.5. The number of carbonyl (C=O) groups excluding carboxylic acids is 1. The quantitative estimate of drug-likeness (QED) is 0.718. The first-order valence-corrected chi connectivity index (χ1v) is 9.20. The van der Waals surface area contributed by atoms with Crippen LogP contribution in [0.2, 0.25) is 5.02 Å². The van der Waals surface area contributed by atoms with E-state index in [4.69, 9.17) is 16.3 Å². The van der Waals surface area contributed by atoms with E-state index >= 15 is 0 Å². The van der Waals surface area contributed by atoms with Gasteiger partial charge < -0.3 is 9.64 Å². The standard InChI is InChI=1S/C19H19BrClNO2/c20-16-7-3-14(4-8-16)13-24-18-2-1-11-22(12-18)19(23)15-5-9-17(21)10-6-15/h3-10,18H,1-2,11-13H2/t18-/m0/s1. The van der Waals surface area contributed by atoms with Crippen molar-refractivity contribution in [3.8, 4) is 0 Å². The average molecular weight is 409 g/mol. The number of benzene rings is 2. The van der Waals surface area contributed by atoms with Gasteiger partial charge in [0, 0.05) is 28.1 Å². The lowest BCUT2D eigenvalue weighted by Gasteiger charge is -2.32. The third-order valence-corrected chi connectivity index (χ3v) is 4.94. The Balaban J connectivity index is 1.56. The van der Waals surface area contributed by atoms with Crippen molar-refractivity contribution in [2.45, 2.75) is 25.6 Å². The maximum atomic E-state index is 12.6. The molecule has 5 heteroatoms. The second-order valence-electron chi connectivity index (χ2n) is 5.96. The SMILES string of the molecule is O=C(c1ccc(Cl)cc1)N1CCC[C@H](OCc2ccc(Br)cc2)C1. The number of amides is 1. The van der Waals surface area contributed by atoms with Gasteiger partial charge in [0.15, 0.2) is 0 Å². The Morgan fingerprint density at radius 1 is 1.17 bits per heavy atom. The smallest absolute Gasteiger partial charge is 0.253 e. The zero-order chi connectivity index (χ0) is 16.9. The Kier molecular flexibility index (Phi) is 5.93. The summed E-state index contributed by atoms with van der Waals surface area (Å²) in [5.74, 6) is 0.0450. The molecule has 2 aromatic carbocycles. The molecule has 1 atom stereocenters. The first-order valence-electron chi connectivity index (χ1n) is 8.03. The molecule has 0 bridgehead atoms.